The van der Waals surface area contributed by atoms with Crippen molar-refractivity contribution in [2.45, 2.75) is 32.7 Å². The number of anilines is 1. The Labute approximate surface area is 198 Å². The van der Waals surface area contributed by atoms with Crippen LogP contribution in [-0.2, 0) is 7.05 Å². The second kappa shape index (κ2) is 9.40. The van der Waals surface area contributed by atoms with Crippen LogP contribution in [-0.4, -0.2) is 43.7 Å². The van der Waals surface area contributed by atoms with Crippen LogP contribution in [0.4, 0.5) is 23.8 Å². The zero-order chi connectivity index (χ0) is 25.4. The first-order chi connectivity index (χ1) is 16.6. The van der Waals surface area contributed by atoms with Crippen molar-refractivity contribution in [1.82, 2.24) is 19.4 Å². The van der Waals surface area contributed by atoms with Gasteiger partial charge in [-0.3, -0.25) is 4.79 Å². The van der Waals surface area contributed by atoms with Crippen molar-refractivity contribution >= 4 is 28.4 Å². The fourth-order valence-corrected chi connectivity index (χ4v) is 4.23. The number of carboxylic acid groups (broad SMARTS) is 1. The molecule has 2 N–H and O–H groups in total. The molecule has 0 bridgehead atoms. The summed E-state index contributed by atoms with van der Waals surface area (Å²) in [5.41, 5.74) is 0.534. The van der Waals surface area contributed by atoms with Crippen molar-refractivity contribution < 1.29 is 23.1 Å². The number of pyridine rings is 1. The van der Waals surface area contributed by atoms with Gasteiger partial charge in [0.15, 0.2) is 0 Å². The van der Waals surface area contributed by atoms with Crippen LogP contribution in [0.15, 0.2) is 35.1 Å². The molecule has 2 aromatic heterocycles. The molecule has 8 nitrogen and oxygen atoms in total. The van der Waals surface area contributed by atoms with E-state index < -0.39 is 29.9 Å². The van der Waals surface area contributed by atoms with Crippen molar-refractivity contribution in [2.75, 3.05) is 18.4 Å². The summed E-state index contributed by atoms with van der Waals surface area (Å²) >= 11 is 0. The van der Waals surface area contributed by atoms with Crippen LogP contribution in [0.2, 0.25) is 0 Å². The smallest absolute Gasteiger partial charge is 0.407 e. The van der Waals surface area contributed by atoms with Crippen molar-refractivity contribution in [3.8, 4) is 0 Å². The normalized spacial score (nSPS) is 14.8. The average molecular weight is 487 g/mol. The van der Waals surface area contributed by atoms with Crippen LogP contribution in [0.25, 0.3) is 16.5 Å². The van der Waals surface area contributed by atoms with Crippen LogP contribution >= 0.6 is 0 Å². The van der Waals surface area contributed by atoms with Crippen LogP contribution in [0.5, 0.6) is 0 Å². The molecule has 3 heterocycles. The number of nitrogens with one attached hydrogen (secondary N) is 1. The molecule has 0 spiro atoms. The van der Waals surface area contributed by atoms with Gasteiger partial charge in [0.05, 0.1) is 17.0 Å². The van der Waals surface area contributed by atoms with Crippen LogP contribution in [0, 0.1) is 12.7 Å². The lowest BCUT2D eigenvalue weighted by molar-refractivity contribution is 0.146. The van der Waals surface area contributed by atoms with Gasteiger partial charge in [-0.15, -0.1) is 0 Å². The van der Waals surface area contributed by atoms with E-state index in [1.165, 1.54) is 21.6 Å². The summed E-state index contributed by atoms with van der Waals surface area (Å²) in [7, 11) is 1.61. The summed E-state index contributed by atoms with van der Waals surface area (Å²) in [6.45, 7) is 3.72. The molecule has 0 saturated carbocycles. The Morgan fingerprint density at radius 1 is 1.23 bits per heavy atom. The summed E-state index contributed by atoms with van der Waals surface area (Å²) in [5, 5.41) is 12.6. The Bertz CT molecular complexity index is 1400. The van der Waals surface area contributed by atoms with Gasteiger partial charge in [0.2, 0.25) is 0 Å². The Kier molecular flexibility index (Phi) is 6.51. The quantitative estimate of drug-likeness (QED) is 0.543. The predicted molar refractivity (Wildman–Crippen MR) is 125 cm³/mol. The molecule has 0 saturated heterocycles. The monoisotopic (exact) mass is 487 g/mol. The van der Waals surface area contributed by atoms with E-state index in [1.54, 1.807) is 33.0 Å². The Hall–Kier alpha value is -3.89. The lowest BCUT2D eigenvalue weighted by atomic mass is 10.0. The standard InChI is InChI=1S/C24H24F3N5O3/c1-12(15-5-4-6-16(19(15)25)21(26)27)28-22-17-11-18(14-7-9-32(10-8-14)24(34)35)31(3)23(33)20(17)29-13(2)30-22/h4-7,11-12,21H,8-10H2,1-3H3,(H,34,35)(H,28,29,30)/t12-/m1/s1. The van der Waals surface area contributed by atoms with Crippen molar-refractivity contribution in [2.24, 2.45) is 7.05 Å². The van der Waals surface area contributed by atoms with E-state index in [0.717, 1.165) is 11.6 Å². The van der Waals surface area contributed by atoms with E-state index in [-0.39, 0.29) is 29.0 Å². The largest absolute Gasteiger partial charge is 0.465 e. The number of aromatic nitrogens is 3. The third kappa shape index (κ3) is 4.58. The maximum Gasteiger partial charge on any atom is 0.407 e. The fourth-order valence-electron chi connectivity index (χ4n) is 4.23. The van der Waals surface area contributed by atoms with Gasteiger partial charge in [-0.05, 0) is 31.9 Å². The highest BCUT2D eigenvalue weighted by Crippen LogP contribution is 2.31. The van der Waals surface area contributed by atoms with Gasteiger partial charge in [-0.2, -0.15) is 0 Å². The van der Waals surface area contributed by atoms with Crippen LogP contribution in [0.3, 0.4) is 0 Å². The number of nitrogens with zero attached hydrogens (tertiary/aromatic N) is 4. The first-order valence-corrected chi connectivity index (χ1v) is 11.0. The second-order valence-corrected chi connectivity index (χ2v) is 8.40. The average Bonchev–Trinajstić information content (AvgIpc) is 2.81. The fraction of sp³-hybridized carbons (Fsp3) is 0.333. The molecule has 0 aliphatic carbocycles. The molecule has 11 heteroatoms. The number of hydrogen-bond donors (Lipinski definition) is 2. The van der Waals surface area contributed by atoms with E-state index in [2.05, 4.69) is 15.3 Å². The van der Waals surface area contributed by atoms with Crippen LogP contribution in [0.1, 0.15) is 48.5 Å². The number of aryl methyl sites for hydroxylation is 1. The molecule has 3 aromatic rings. The molecule has 35 heavy (non-hydrogen) atoms. The number of fused-ring (bicyclic) bond motifs is 1. The second-order valence-electron chi connectivity index (χ2n) is 8.40. The van der Waals surface area contributed by atoms with Crippen molar-refractivity contribution in [3.63, 3.8) is 0 Å². The minimum absolute atomic E-state index is 0.0417. The molecule has 0 radical (unpaired) electrons. The molecule has 1 amide bonds. The molecule has 184 valence electrons. The van der Waals surface area contributed by atoms with E-state index in [4.69, 9.17) is 0 Å². The first-order valence-electron chi connectivity index (χ1n) is 11.0. The third-order valence-corrected chi connectivity index (χ3v) is 6.13. The Balaban J connectivity index is 1.79. The van der Waals surface area contributed by atoms with E-state index in [1.807, 2.05) is 0 Å². The topological polar surface area (TPSA) is 100 Å². The molecule has 1 aliphatic rings. The SMILES string of the molecule is Cc1nc(N[C@H](C)c2cccc(C(F)F)c2F)c2cc(C3=CCN(C(=O)O)CC3)n(C)c(=O)c2n1. The predicted octanol–water partition coefficient (Wildman–Crippen LogP) is 4.65. The highest BCUT2D eigenvalue weighted by molar-refractivity contribution is 5.91. The van der Waals surface area contributed by atoms with Crippen molar-refractivity contribution in [1.29, 1.82) is 0 Å². The molecule has 1 aromatic carbocycles. The van der Waals surface area contributed by atoms with E-state index >= 15 is 0 Å². The summed E-state index contributed by atoms with van der Waals surface area (Å²) in [5.74, 6) is -0.415. The minimum Gasteiger partial charge on any atom is -0.465 e. The lowest BCUT2D eigenvalue weighted by Crippen LogP contribution is -2.34. The highest BCUT2D eigenvalue weighted by atomic mass is 19.3. The third-order valence-electron chi connectivity index (χ3n) is 6.13. The first kappa shape index (κ1) is 24.2. The molecular formula is C24H24F3N5O3. The highest BCUT2D eigenvalue weighted by Gasteiger charge is 2.23. The number of amides is 1. The Morgan fingerprint density at radius 3 is 2.57 bits per heavy atom. The number of halogens is 3. The summed E-state index contributed by atoms with van der Waals surface area (Å²) in [4.78, 5) is 34.3. The van der Waals surface area contributed by atoms with Gasteiger partial charge in [-0.1, -0.05) is 24.3 Å². The Morgan fingerprint density at radius 2 is 1.94 bits per heavy atom. The van der Waals surface area contributed by atoms with Gasteiger partial charge in [0.1, 0.15) is 23.0 Å². The summed E-state index contributed by atoms with van der Waals surface area (Å²) < 4.78 is 42.5. The number of rotatable bonds is 5. The number of alkyl halides is 2. The molecular weight excluding hydrogens is 463 g/mol. The molecule has 0 fully saturated rings. The number of benzene rings is 1. The van der Waals surface area contributed by atoms with Gasteiger partial charge >= 0.3 is 6.09 Å². The van der Waals surface area contributed by atoms with E-state index in [0.29, 0.717) is 29.9 Å². The molecule has 0 unspecified atom stereocenters. The molecule has 1 aliphatic heterocycles. The van der Waals surface area contributed by atoms with Gasteiger partial charge in [0, 0.05) is 31.4 Å². The summed E-state index contributed by atoms with van der Waals surface area (Å²) in [6, 6.07) is 4.82. The number of hydrogen-bond acceptors (Lipinski definition) is 5. The van der Waals surface area contributed by atoms with Gasteiger partial charge in [-0.25, -0.2) is 27.9 Å². The number of carbonyl (C=O) groups is 1. The maximum absolute atomic E-state index is 14.7. The zero-order valence-corrected chi connectivity index (χ0v) is 19.3. The maximum atomic E-state index is 14.7. The van der Waals surface area contributed by atoms with Gasteiger partial charge < -0.3 is 19.9 Å². The summed E-state index contributed by atoms with van der Waals surface area (Å²) in [6.07, 6.45) is -1.78. The lowest BCUT2D eigenvalue weighted by Gasteiger charge is -2.25. The molecule has 1 atom stereocenters. The van der Waals surface area contributed by atoms with E-state index in [9.17, 15) is 27.9 Å². The van der Waals surface area contributed by atoms with Gasteiger partial charge in [0.25, 0.3) is 12.0 Å². The minimum atomic E-state index is -2.95. The zero-order valence-electron chi connectivity index (χ0n) is 19.3. The molecule has 4 rings (SSSR count). The van der Waals surface area contributed by atoms with Crippen molar-refractivity contribution in [3.05, 3.63) is 69.2 Å². The van der Waals surface area contributed by atoms with Crippen LogP contribution < -0.4 is 10.9 Å².